The van der Waals surface area contributed by atoms with Gasteiger partial charge in [-0.1, -0.05) is 18.2 Å². The molecule has 3 aromatic rings. The van der Waals surface area contributed by atoms with Crippen LogP contribution in [0.3, 0.4) is 0 Å². The summed E-state index contributed by atoms with van der Waals surface area (Å²) in [4.78, 5) is 12.2. The minimum absolute atomic E-state index is 0.248. The third kappa shape index (κ3) is 4.03. The maximum atomic E-state index is 12.2. The minimum atomic E-state index is -0.649. The normalized spacial score (nSPS) is 11.8. The van der Waals surface area contributed by atoms with Crippen LogP contribution in [0.15, 0.2) is 59.0 Å². The van der Waals surface area contributed by atoms with Crippen molar-refractivity contribution in [3.8, 4) is 17.2 Å². The highest BCUT2D eigenvalue weighted by atomic mass is 16.6. The molecule has 0 saturated carbocycles. The molecule has 3 rings (SSSR count). The summed E-state index contributed by atoms with van der Waals surface area (Å²) in [5.74, 6) is 0.879. The number of hydrogen-bond acceptors (Lipinski definition) is 6. The molecule has 6 nitrogen and oxygen atoms in total. The van der Waals surface area contributed by atoms with E-state index >= 15 is 0 Å². The molecule has 0 bridgehead atoms. The van der Waals surface area contributed by atoms with Gasteiger partial charge in [-0.2, -0.15) is 0 Å². The third-order valence-electron chi connectivity index (χ3n) is 3.49. The molecule has 1 heterocycles. The van der Waals surface area contributed by atoms with E-state index in [9.17, 15) is 4.79 Å². The van der Waals surface area contributed by atoms with Gasteiger partial charge >= 0.3 is 5.97 Å². The molecule has 0 aliphatic carbocycles. The SMILES string of the molecule is CCOc1ccc(C(=O)O[C@H](C)c2nnc(-c3ccccc3)o2)cc1. The first-order chi connectivity index (χ1) is 12.2. The Bertz CT molecular complexity index is 828. The molecule has 0 amide bonds. The van der Waals surface area contributed by atoms with Crippen LogP contribution in [0.4, 0.5) is 0 Å². The number of aromatic nitrogens is 2. The molecule has 1 atom stereocenters. The topological polar surface area (TPSA) is 74.5 Å². The maximum absolute atomic E-state index is 12.2. The zero-order valence-corrected chi connectivity index (χ0v) is 14.0. The third-order valence-corrected chi connectivity index (χ3v) is 3.49. The Morgan fingerprint density at radius 1 is 1.08 bits per heavy atom. The number of ether oxygens (including phenoxy) is 2. The summed E-state index contributed by atoms with van der Waals surface area (Å²) in [6.45, 7) is 4.16. The maximum Gasteiger partial charge on any atom is 0.338 e. The average Bonchev–Trinajstić information content (AvgIpc) is 3.13. The molecule has 0 aliphatic rings. The van der Waals surface area contributed by atoms with Crippen molar-refractivity contribution in [1.29, 1.82) is 0 Å². The van der Waals surface area contributed by atoms with E-state index in [0.717, 1.165) is 5.56 Å². The second kappa shape index (κ2) is 7.61. The molecule has 25 heavy (non-hydrogen) atoms. The summed E-state index contributed by atoms with van der Waals surface area (Å²) in [6.07, 6.45) is -0.649. The van der Waals surface area contributed by atoms with Gasteiger partial charge < -0.3 is 13.9 Å². The quantitative estimate of drug-likeness (QED) is 0.631. The second-order valence-electron chi connectivity index (χ2n) is 5.32. The first-order valence-electron chi connectivity index (χ1n) is 8.00. The molecule has 6 heteroatoms. The highest BCUT2D eigenvalue weighted by Crippen LogP contribution is 2.23. The number of carbonyl (C=O) groups excluding carboxylic acids is 1. The lowest BCUT2D eigenvalue weighted by Gasteiger charge is -2.10. The number of nitrogens with zero attached hydrogens (tertiary/aromatic N) is 2. The molecule has 1 aromatic heterocycles. The van der Waals surface area contributed by atoms with Crippen molar-refractivity contribution in [2.75, 3.05) is 6.61 Å². The van der Waals surface area contributed by atoms with Crippen LogP contribution in [-0.2, 0) is 4.74 Å². The van der Waals surface area contributed by atoms with Crippen molar-refractivity contribution in [2.45, 2.75) is 20.0 Å². The van der Waals surface area contributed by atoms with E-state index in [1.807, 2.05) is 37.3 Å². The molecule has 128 valence electrons. The van der Waals surface area contributed by atoms with Crippen LogP contribution >= 0.6 is 0 Å². The second-order valence-corrected chi connectivity index (χ2v) is 5.32. The van der Waals surface area contributed by atoms with Crippen LogP contribution in [0.5, 0.6) is 5.75 Å². The smallest absolute Gasteiger partial charge is 0.338 e. The van der Waals surface area contributed by atoms with Crippen LogP contribution in [0.1, 0.15) is 36.2 Å². The summed E-state index contributed by atoms with van der Waals surface area (Å²) in [6, 6.07) is 16.2. The van der Waals surface area contributed by atoms with Crippen LogP contribution < -0.4 is 4.74 Å². The molecule has 0 unspecified atom stereocenters. The molecular weight excluding hydrogens is 320 g/mol. The van der Waals surface area contributed by atoms with E-state index < -0.39 is 12.1 Å². The lowest BCUT2D eigenvalue weighted by atomic mass is 10.2. The average molecular weight is 338 g/mol. The minimum Gasteiger partial charge on any atom is -0.494 e. The Kier molecular flexibility index (Phi) is 5.09. The largest absolute Gasteiger partial charge is 0.494 e. The first kappa shape index (κ1) is 16.7. The van der Waals surface area contributed by atoms with Gasteiger partial charge in [-0.3, -0.25) is 0 Å². The fraction of sp³-hybridized carbons (Fsp3) is 0.211. The predicted molar refractivity (Wildman–Crippen MR) is 91.2 cm³/mol. The highest BCUT2D eigenvalue weighted by molar-refractivity contribution is 5.89. The van der Waals surface area contributed by atoms with E-state index in [1.54, 1.807) is 31.2 Å². The predicted octanol–water partition coefficient (Wildman–Crippen LogP) is 4.05. The summed E-state index contributed by atoms with van der Waals surface area (Å²) in [5.41, 5.74) is 1.24. The van der Waals surface area contributed by atoms with Gasteiger partial charge in [0.2, 0.25) is 5.89 Å². The molecular formula is C19H18N2O4. The fourth-order valence-corrected chi connectivity index (χ4v) is 2.23. The molecule has 0 N–H and O–H groups in total. The summed E-state index contributed by atoms with van der Waals surface area (Å²) in [7, 11) is 0. The molecule has 0 saturated heterocycles. The van der Waals surface area contributed by atoms with Gasteiger partial charge in [0, 0.05) is 5.56 Å². The summed E-state index contributed by atoms with van der Waals surface area (Å²) >= 11 is 0. The first-order valence-corrected chi connectivity index (χ1v) is 8.00. The van der Waals surface area contributed by atoms with Crippen LogP contribution in [0, 0.1) is 0 Å². The summed E-state index contributed by atoms with van der Waals surface area (Å²) < 4.78 is 16.3. The van der Waals surface area contributed by atoms with Crippen molar-refractivity contribution in [2.24, 2.45) is 0 Å². The van der Waals surface area contributed by atoms with E-state index in [1.165, 1.54) is 0 Å². The van der Waals surface area contributed by atoms with Crippen molar-refractivity contribution in [3.63, 3.8) is 0 Å². The van der Waals surface area contributed by atoms with Crippen molar-refractivity contribution >= 4 is 5.97 Å². The highest BCUT2D eigenvalue weighted by Gasteiger charge is 2.20. The van der Waals surface area contributed by atoms with Crippen LogP contribution in [-0.4, -0.2) is 22.8 Å². The standard InChI is InChI=1S/C19H18N2O4/c1-3-23-16-11-9-15(10-12-16)19(22)24-13(2)17-20-21-18(25-17)14-7-5-4-6-8-14/h4-13H,3H2,1-2H3/t13-/m1/s1. The van der Waals surface area contributed by atoms with Crippen LogP contribution in [0.2, 0.25) is 0 Å². The molecule has 0 fully saturated rings. The van der Waals surface area contributed by atoms with E-state index in [2.05, 4.69) is 10.2 Å². The zero-order chi connectivity index (χ0) is 17.6. The number of rotatable bonds is 6. The fourth-order valence-electron chi connectivity index (χ4n) is 2.23. The Morgan fingerprint density at radius 3 is 2.48 bits per heavy atom. The number of benzene rings is 2. The van der Waals surface area contributed by atoms with Crippen molar-refractivity contribution in [3.05, 3.63) is 66.1 Å². The lowest BCUT2D eigenvalue weighted by molar-refractivity contribution is 0.0280. The van der Waals surface area contributed by atoms with Gasteiger partial charge in [0.1, 0.15) is 5.75 Å². The Labute approximate surface area is 145 Å². The number of hydrogen-bond donors (Lipinski definition) is 0. The van der Waals surface area contributed by atoms with Crippen LogP contribution in [0.25, 0.3) is 11.5 Å². The Morgan fingerprint density at radius 2 is 1.80 bits per heavy atom. The van der Waals surface area contributed by atoms with Gasteiger partial charge in [0.05, 0.1) is 12.2 Å². The number of carbonyl (C=O) groups is 1. The van der Waals surface area contributed by atoms with Crippen molar-refractivity contribution in [1.82, 2.24) is 10.2 Å². The monoisotopic (exact) mass is 338 g/mol. The Balaban J connectivity index is 1.66. The van der Waals surface area contributed by atoms with E-state index in [0.29, 0.717) is 23.8 Å². The molecule has 0 spiro atoms. The molecule has 2 aromatic carbocycles. The van der Waals surface area contributed by atoms with Gasteiger partial charge in [0.15, 0.2) is 6.10 Å². The Hall–Kier alpha value is -3.15. The molecule has 0 radical (unpaired) electrons. The zero-order valence-electron chi connectivity index (χ0n) is 14.0. The van der Waals surface area contributed by atoms with Gasteiger partial charge in [0.25, 0.3) is 5.89 Å². The van der Waals surface area contributed by atoms with Gasteiger partial charge in [-0.25, -0.2) is 4.79 Å². The van der Waals surface area contributed by atoms with Gasteiger partial charge in [-0.05, 0) is 50.2 Å². The lowest BCUT2D eigenvalue weighted by Crippen LogP contribution is -2.09. The van der Waals surface area contributed by atoms with Crippen molar-refractivity contribution < 1.29 is 18.7 Å². The number of esters is 1. The van der Waals surface area contributed by atoms with E-state index in [4.69, 9.17) is 13.9 Å². The summed E-state index contributed by atoms with van der Waals surface area (Å²) in [5, 5.41) is 7.96. The van der Waals surface area contributed by atoms with Gasteiger partial charge in [-0.15, -0.1) is 10.2 Å². The van der Waals surface area contributed by atoms with E-state index in [-0.39, 0.29) is 5.89 Å². The molecule has 0 aliphatic heterocycles.